The minimum Gasteiger partial charge on any atom is -0.380 e. The van der Waals surface area contributed by atoms with Crippen LogP contribution in [0.1, 0.15) is 57.0 Å². The summed E-state index contributed by atoms with van der Waals surface area (Å²) in [7, 11) is 0. The minimum absolute atomic E-state index is 0.128. The number of hydrogen-bond donors (Lipinski definition) is 1. The molecule has 2 aromatic rings. The maximum atomic E-state index is 13.8. The number of Topliss-reactive ketones (excluding diaryl/α,β-unsaturated/α-hetero) is 1. The fraction of sp³-hybridized carbons (Fsp3) is 0.542. The molecule has 3 rings (SSSR count). The molecule has 1 aromatic heterocycles. The molecular formula is C24H28BrF4N3O2. The molecule has 0 unspecified atom stereocenters. The highest BCUT2D eigenvalue weighted by atomic mass is 79.9. The molecule has 34 heavy (non-hydrogen) atoms. The zero-order valence-electron chi connectivity index (χ0n) is 19.6. The lowest BCUT2D eigenvalue weighted by atomic mass is 9.58. The van der Waals surface area contributed by atoms with E-state index in [1.807, 2.05) is 0 Å². The molecule has 1 saturated carbocycles. The normalized spacial score (nSPS) is 24.6. The molecule has 0 radical (unpaired) electrons. The second-order valence-electron chi connectivity index (χ2n) is 9.81. The molecule has 0 amide bonds. The molecule has 1 aromatic carbocycles. The van der Waals surface area contributed by atoms with Crippen molar-refractivity contribution in [2.45, 2.75) is 59.8 Å². The molecule has 1 heterocycles. The van der Waals surface area contributed by atoms with Crippen molar-refractivity contribution in [3.63, 3.8) is 0 Å². The zero-order chi connectivity index (χ0) is 25.6. The van der Waals surface area contributed by atoms with Gasteiger partial charge in [-0.1, -0.05) is 40.7 Å². The Labute approximate surface area is 204 Å². The van der Waals surface area contributed by atoms with Crippen LogP contribution in [0.2, 0.25) is 0 Å². The number of hydrogen-bond acceptors (Lipinski definition) is 4. The number of carbonyl (C=O) groups excluding carboxylic acids is 1. The molecule has 186 valence electrons. The van der Waals surface area contributed by atoms with Crippen LogP contribution in [0.4, 0.5) is 23.2 Å². The lowest BCUT2D eigenvalue weighted by Gasteiger charge is -2.50. The van der Waals surface area contributed by atoms with E-state index in [9.17, 15) is 27.2 Å². The Bertz CT molecular complexity index is 1150. The van der Waals surface area contributed by atoms with Gasteiger partial charge in [-0.3, -0.25) is 9.59 Å². The third kappa shape index (κ3) is 5.06. The summed E-state index contributed by atoms with van der Waals surface area (Å²) in [4.78, 5) is 25.3. The predicted molar refractivity (Wildman–Crippen MR) is 125 cm³/mol. The summed E-state index contributed by atoms with van der Waals surface area (Å²) in [6.07, 6.45) is -2.50. The number of aromatic nitrogens is 2. The van der Waals surface area contributed by atoms with E-state index in [1.54, 1.807) is 0 Å². The molecule has 0 aliphatic heterocycles. The highest BCUT2D eigenvalue weighted by Gasteiger charge is 2.43. The van der Waals surface area contributed by atoms with Crippen molar-refractivity contribution >= 4 is 27.4 Å². The van der Waals surface area contributed by atoms with E-state index in [1.165, 1.54) is 6.20 Å². The Balaban J connectivity index is 1.78. The van der Waals surface area contributed by atoms with Gasteiger partial charge in [-0.2, -0.15) is 18.3 Å². The van der Waals surface area contributed by atoms with Crippen molar-refractivity contribution in [3.8, 4) is 0 Å². The summed E-state index contributed by atoms with van der Waals surface area (Å²) in [6.45, 7) is 10.6. The van der Waals surface area contributed by atoms with Crippen molar-refractivity contribution in [2.75, 3.05) is 5.32 Å². The van der Waals surface area contributed by atoms with Crippen LogP contribution < -0.4 is 10.9 Å². The van der Waals surface area contributed by atoms with Crippen LogP contribution >= 0.6 is 15.9 Å². The SMILES string of the molecule is C[C@@H]1[C@@H](C)C(C)(C)[C@@H](C)C[C@H]1Nc1cnn(CC(=O)c2ccc(C(F)(F)F)c(F)c2)c(=O)c1Br. The van der Waals surface area contributed by atoms with Crippen LogP contribution in [0.3, 0.4) is 0 Å². The van der Waals surface area contributed by atoms with Crippen LogP contribution in [0.25, 0.3) is 0 Å². The van der Waals surface area contributed by atoms with Crippen LogP contribution in [-0.2, 0) is 12.7 Å². The van der Waals surface area contributed by atoms with Gasteiger partial charge in [-0.15, -0.1) is 0 Å². The number of halogens is 5. The van der Waals surface area contributed by atoms with Crippen molar-refractivity contribution in [1.29, 1.82) is 0 Å². The Morgan fingerprint density at radius 2 is 1.91 bits per heavy atom. The molecular weight excluding hydrogens is 518 g/mol. The Morgan fingerprint density at radius 1 is 1.26 bits per heavy atom. The number of anilines is 1. The topological polar surface area (TPSA) is 64.0 Å². The largest absolute Gasteiger partial charge is 0.419 e. The fourth-order valence-corrected chi connectivity index (χ4v) is 5.01. The first-order chi connectivity index (χ1) is 15.6. The van der Waals surface area contributed by atoms with Crippen molar-refractivity contribution < 1.29 is 22.4 Å². The summed E-state index contributed by atoms with van der Waals surface area (Å²) >= 11 is 3.29. The highest BCUT2D eigenvalue weighted by molar-refractivity contribution is 9.10. The molecule has 5 nitrogen and oxygen atoms in total. The van der Waals surface area contributed by atoms with E-state index in [0.29, 0.717) is 35.6 Å². The van der Waals surface area contributed by atoms with Gasteiger partial charge in [0.2, 0.25) is 0 Å². The second-order valence-corrected chi connectivity index (χ2v) is 10.6. The highest BCUT2D eigenvalue weighted by Crippen LogP contribution is 2.48. The minimum atomic E-state index is -4.86. The number of alkyl halides is 3. The Morgan fingerprint density at radius 3 is 2.50 bits per heavy atom. The summed E-state index contributed by atoms with van der Waals surface area (Å²) in [5, 5.41) is 7.47. The Hall–Kier alpha value is -2.23. The van der Waals surface area contributed by atoms with Gasteiger partial charge in [-0.25, -0.2) is 9.07 Å². The third-order valence-electron chi connectivity index (χ3n) is 7.69. The molecule has 4 atom stereocenters. The number of benzene rings is 1. The monoisotopic (exact) mass is 545 g/mol. The maximum absolute atomic E-state index is 13.8. The standard InChI is InChI=1S/C24H28BrF4N3O2/c1-12-8-18(13(2)14(3)23(12,4)5)31-19-10-30-32(22(34)21(19)25)11-20(33)15-6-7-16(17(26)9-15)24(27,28)29/h6-7,9-10,12-14,18,31H,8,11H2,1-5H3/t12-,13+,14+,18+/m0/s1. The first-order valence-electron chi connectivity index (χ1n) is 11.1. The molecule has 1 aliphatic carbocycles. The average molecular weight is 546 g/mol. The first kappa shape index (κ1) is 26.4. The van der Waals surface area contributed by atoms with E-state index >= 15 is 0 Å². The predicted octanol–water partition coefficient (Wildman–Crippen LogP) is 6.17. The van der Waals surface area contributed by atoms with E-state index in [0.717, 1.165) is 17.2 Å². The average Bonchev–Trinajstić information content (AvgIpc) is 2.74. The van der Waals surface area contributed by atoms with Gasteiger partial charge >= 0.3 is 6.18 Å². The molecule has 0 saturated heterocycles. The zero-order valence-corrected chi connectivity index (χ0v) is 21.2. The van der Waals surface area contributed by atoms with Gasteiger partial charge < -0.3 is 5.32 Å². The Kier molecular flexibility index (Phi) is 7.32. The molecule has 0 spiro atoms. The summed E-state index contributed by atoms with van der Waals surface area (Å²) < 4.78 is 53.2. The van der Waals surface area contributed by atoms with Gasteiger partial charge in [0.15, 0.2) is 5.78 Å². The van der Waals surface area contributed by atoms with Gasteiger partial charge in [0, 0.05) is 11.6 Å². The number of rotatable bonds is 5. The number of nitrogens with one attached hydrogen (secondary N) is 1. The molecule has 1 fully saturated rings. The van der Waals surface area contributed by atoms with Gasteiger partial charge in [0.25, 0.3) is 5.56 Å². The van der Waals surface area contributed by atoms with Crippen molar-refractivity contribution in [3.05, 3.63) is 56.2 Å². The van der Waals surface area contributed by atoms with E-state index in [2.05, 4.69) is 61.0 Å². The van der Waals surface area contributed by atoms with E-state index in [-0.39, 0.29) is 21.5 Å². The number of ketones is 1. The number of nitrogens with zero attached hydrogens (tertiary/aromatic N) is 2. The van der Waals surface area contributed by atoms with Crippen LogP contribution in [0, 0.1) is 29.0 Å². The number of carbonyl (C=O) groups is 1. The molecule has 1 aliphatic rings. The maximum Gasteiger partial charge on any atom is 0.419 e. The molecule has 1 N–H and O–H groups in total. The smallest absolute Gasteiger partial charge is 0.380 e. The summed E-state index contributed by atoms with van der Waals surface area (Å²) in [5.41, 5.74) is -1.62. The lowest BCUT2D eigenvalue weighted by molar-refractivity contribution is -0.140. The third-order valence-corrected chi connectivity index (χ3v) is 8.46. The molecule has 10 heteroatoms. The van der Waals surface area contributed by atoms with Gasteiger partial charge in [0.05, 0.1) is 17.4 Å². The van der Waals surface area contributed by atoms with Crippen LogP contribution in [0.15, 0.2) is 33.7 Å². The second kappa shape index (κ2) is 9.43. The van der Waals surface area contributed by atoms with Gasteiger partial charge in [-0.05, 0) is 57.7 Å². The van der Waals surface area contributed by atoms with Crippen molar-refractivity contribution in [1.82, 2.24) is 9.78 Å². The summed E-state index contributed by atoms with van der Waals surface area (Å²) in [5.74, 6) is -1.03. The molecule has 0 bridgehead atoms. The van der Waals surface area contributed by atoms with E-state index in [4.69, 9.17) is 0 Å². The van der Waals surface area contributed by atoms with Gasteiger partial charge in [0.1, 0.15) is 16.8 Å². The van der Waals surface area contributed by atoms with E-state index < -0.39 is 35.4 Å². The first-order valence-corrected chi connectivity index (χ1v) is 11.9. The quantitative estimate of drug-likeness (QED) is 0.360. The van der Waals surface area contributed by atoms with Crippen LogP contribution in [0.5, 0.6) is 0 Å². The lowest BCUT2D eigenvalue weighted by Crippen LogP contribution is -2.48. The fourth-order valence-electron chi connectivity index (χ4n) is 4.59. The van der Waals surface area contributed by atoms with Crippen molar-refractivity contribution in [2.24, 2.45) is 23.2 Å². The van der Waals surface area contributed by atoms with Crippen LogP contribution in [-0.4, -0.2) is 21.6 Å². The summed E-state index contributed by atoms with van der Waals surface area (Å²) in [6, 6.07) is 2.05.